The number of rotatable bonds is 4. The Morgan fingerprint density at radius 3 is 2.38 bits per heavy atom. The van der Waals surface area contributed by atoms with Gasteiger partial charge in [-0.2, -0.15) is 0 Å². The minimum atomic E-state index is -4.00. The van der Waals surface area contributed by atoms with Crippen LogP contribution in [0.15, 0.2) is 52.7 Å². The summed E-state index contributed by atoms with van der Waals surface area (Å²) in [6.45, 7) is 0. The highest BCUT2D eigenvalue weighted by Crippen LogP contribution is 2.28. The van der Waals surface area contributed by atoms with Gasteiger partial charge in [0.1, 0.15) is 16.5 Å². The molecule has 1 N–H and O–H groups in total. The lowest BCUT2D eigenvalue weighted by Crippen LogP contribution is -2.13. The van der Waals surface area contributed by atoms with Crippen molar-refractivity contribution in [1.29, 1.82) is 0 Å². The molecule has 124 valence electrons. The first kappa shape index (κ1) is 16.8. The van der Waals surface area contributed by atoms with Gasteiger partial charge in [-0.25, -0.2) is 22.2 Å². The molecule has 0 bridgehead atoms. The van der Waals surface area contributed by atoms with Crippen LogP contribution >= 0.6 is 22.9 Å². The number of thiazole rings is 1. The van der Waals surface area contributed by atoms with Crippen molar-refractivity contribution in [2.75, 3.05) is 4.72 Å². The van der Waals surface area contributed by atoms with Crippen molar-refractivity contribution in [3.05, 3.63) is 64.5 Å². The van der Waals surface area contributed by atoms with Crippen molar-refractivity contribution in [1.82, 2.24) is 4.98 Å². The zero-order chi connectivity index (χ0) is 17.3. The Balaban J connectivity index is 1.87. The summed E-state index contributed by atoms with van der Waals surface area (Å²) in [5.74, 6) is -1.01. The van der Waals surface area contributed by atoms with Crippen molar-refractivity contribution in [3.63, 3.8) is 0 Å². The number of nitrogens with one attached hydrogen (secondary N) is 1. The van der Waals surface area contributed by atoms with E-state index in [1.807, 2.05) is 0 Å². The fourth-order valence-electron chi connectivity index (χ4n) is 1.94. The maximum atomic E-state index is 13.0. The molecule has 0 spiro atoms. The van der Waals surface area contributed by atoms with Crippen LogP contribution in [0.4, 0.5) is 13.9 Å². The zero-order valence-corrected chi connectivity index (χ0v) is 14.2. The number of nitrogens with zero attached hydrogens (tertiary/aromatic N) is 1. The van der Waals surface area contributed by atoms with Gasteiger partial charge < -0.3 is 0 Å². The SMILES string of the molecule is O=S(=O)(Nc1nc(-c2ccc(F)cc2)cs1)c1ccc(F)cc1Cl. The van der Waals surface area contributed by atoms with Crippen molar-refractivity contribution >= 4 is 38.1 Å². The Labute approximate surface area is 145 Å². The molecule has 1 heterocycles. The number of benzene rings is 2. The standard InChI is InChI=1S/C15H9ClF2N2O2S2/c16-12-7-11(18)5-6-14(12)24(21,22)20-15-19-13(8-23-15)9-1-3-10(17)4-2-9/h1-8H,(H,19,20). The Hall–Kier alpha value is -2.03. The Morgan fingerprint density at radius 1 is 1.04 bits per heavy atom. The molecule has 9 heteroatoms. The summed E-state index contributed by atoms with van der Waals surface area (Å²) < 4.78 is 52.9. The van der Waals surface area contributed by atoms with E-state index in [0.717, 1.165) is 29.5 Å². The molecule has 1 aromatic heterocycles. The van der Waals surface area contributed by atoms with Crippen molar-refractivity contribution in [2.24, 2.45) is 0 Å². The highest BCUT2D eigenvalue weighted by molar-refractivity contribution is 7.93. The lowest BCUT2D eigenvalue weighted by atomic mass is 10.2. The van der Waals surface area contributed by atoms with E-state index >= 15 is 0 Å². The molecule has 0 saturated carbocycles. The second kappa shape index (κ2) is 6.46. The van der Waals surface area contributed by atoms with Crippen LogP contribution < -0.4 is 4.72 Å². The maximum absolute atomic E-state index is 13.0. The molecule has 0 aliphatic heterocycles. The highest BCUT2D eigenvalue weighted by Gasteiger charge is 2.20. The van der Waals surface area contributed by atoms with Gasteiger partial charge in [0.05, 0.1) is 10.7 Å². The summed E-state index contributed by atoms with van der Waals surface area (Å²) in [6, 6.07) is 8.66. The molecule has 0 aliphatic rings. The van der Waals surface area contributed by atoms with Crippen LogP contribution in [0.1, 0.15) is 0 Å². The lowest BCUT2D eigenvalue weighted by molar-refractivity contribution is 0.599. The monoisotopic (exact) mass is 386 g/mol. The second-order valence-electron chi connectivity index (χ2n) is 4.73. The predicted octanol–water partition coefficient (Wildman–Crippen LogP) is 4.54. The molecule has 3 rings (SSSR count). The van der Waals surface area contributed by atoms with E-state index in [4.69, 9.17) is 11.6 Å². The Kier molecular flexibility index (Phi) is 4.53. The molecule has 0 saturated heterocycles. The number of halogens is 3. The molecule has 0 unspecified atom stereocenters. The summed E-state index contributed by atoms with van der Waals surface area (Å²) in [4.78, 5) is 3.91. The summed E-state index contributed by atoms with van der Waals surface area (Å²) in [7, 11) is -4.00. The van der Waals surface area contributed by atoms with Crippen LogP contribution in [0.3, 0.4) is 0 Å². The van der Waals surface area contributed by atoms with Gasteiger partial charge in [-0.15, -0.1) is 11.3 Å². The third kappa shape index (κ3) is 3.55. The van der Waals surface area contributed by atoms with Gasteiger partial charge in [-0.05, 0) is 42.5 Å². The minimum absolute atomic E-state index is 0.120. The third-order valence-electron chi connectivity index (χ3n) is 3.05. The molecule has 3 aromatic rings. The summed E-state index contributed by atoms with van der Waals surface area (Å²) in [6.07, 6.45) is 0. The van der Waals surface area contributed by atoms with Crippen LogP contribution in [0.5, 0.6) is 0 Å². The normalized spacial score (nSPS) is 11.5. The van der Waals surface area contributed by atoms with E-state index in [2.05, 4.69) is 9.71 Å². The molecule has 0 aliphatic carbocycles. The quantitative estimate of drug-likeness (QED) is 0.716. The number of anilines is 1. The highest BCUT2D eigenvalue weighted by atomic mass is 35.5. The smallest absolute Gasteiger partial charge is 0.255 e. The van der Waals surface area contributed by atoms with Crippen molar-refractivity contribution in [3.8, 4) is 11.3 Å². The van der Waals surface area contributed by atoms with Gasteiger partial charge in [0.15, 0.2) is 5.13 Å². The summed E-state index contributed by atoms with van der Waals surface area (Å²) in [5.41, 5.74) is 1.15. The Bertz CT molecular complexity index is 989. The van der Waals surface area contributed by atoms with Gasteiger partial charge in [-0.3, -0.25) is 4.72 Å². The second-order valence-corrected chi connectivity index (χ2v) is 7.64. The molecule has 0 amide bonds. The van der Waals surface area contributed by atoms with Crippen LogP contribution in [-0.4, -0.2) is 13.4 Å². The molecule has 0 radical (unpaired) electrons. The molecular formula is C15H9ClF2N2O2S2. The van der Waals surface area contributed by atoms with E-state index in [1.54, 1.807) is 17.5 Å². The predicted molar refractivity (Wildman–Crippen MR) is 89.7 cm³/mol. The average Bonchev–Trinajstić information content (AvgIpc) is 2.95. The molecule has 0 atom stereocenters. The van der Waals surface area contributed by atoms with Crippen molar-refractivity contribution < 1.29 is 17.2 Å². The van der Waals surface area contributed by atoms with E-state index in [9.17, 15) is 17.2 Å². The minimum Gasteiger partial charge on any atom is -0.255 e. The first-order valence-electron chi connectivity index (χ1n) is 6.54. The van der Waals surface area contributed by atoms with E-state index in [0.29, 0.717) is 11.3 Å². The van der Waals surface area contributed by atoms with Crippen LogP contribution in [0.2, 0.25) is 5.02 Å². The fraction of sp³-hybridized carbons (Fsp3) is 0. The van der Waals surface area contributed by atoms with Gasteiger partial charge in [-0.1, -0.05) is 11.6 Å². The zero-order valence-electron chi connectivity index (χ0n) is 11.8. The van der Waals surface area contributed by atoms with E-state index < -0.39 is 15.8 Å². The first-order chi connectivity index (χ1) is 11.3. The lowest BCUT2D eigenvalue weighted by Gasteiger charge is -2.06. The first-order valence-corrected chi connectivity index (χ1v) is 9.28. The topological polar surface area (TPSA) is 59.1 Å². The van der Waals surface area contributed by atoms with Gasteiger partial charge in [0.2, 0.25) is 0 Å². The Morgan fingerprint density at radius 2 is 1.71 bits per heavy atom. The molecular weight excluding hydrogens is 378 g/mol. The van der Waals surface area contributed by atoms with Crippen LogP contribution in [0, 0.1) is 11.6 Å². The van der Waals surface area contributed by atoms with E-state index in [1.165, 1.54) is 12.1 Å². The molecule has 4 nitrogen and oxygen atoms in total. The number of aromatic nitrogens is 1. The maximum Gasteiger partial charge on any atom is 0.265 e. The van der Waals surface area contributed by atoms with Gasteiger partial charge >= 0.3 is 0 Å². The van der Waals surface area contributed by atoms with E-state index in [-0.39, 0.29) is 20.9 Å². The molecule has 24 heavy (non-hydrogen) atoms. The largest absolute Gasteiger partial charge is 0.265 e. The third-order valence-corrected chi connectivity index (χ3v) is 5.76. The van der Waals surface area contributed by atoms with Crippen molar-refractivity contribution in [2.45, 2.75) is 4.90 Å². The molecule has 0 fully saturated rings. The fourth-order valence-corrected chi connectivity index (χ4v) is 4.44. The number of hydrogen-bond acceptors (Lipinski definition) is 4. The summed E-state index contributed by atoms with van der Waals surface area (Å²) in [5, 5.41) is 1.53. The number of hydrogen-bond donors (Lipinski definition) is 1. The van der Waals surface area contributed by atoms with Gasteiger partial charge in [0, 0.05) is 10.9 Å². The summed E-state index contributed by atoms with van der Waals surface area (Å²) >= 11 is 6.85. The van der Waals surface area contributed by atoms with Gasteiger partial charge in [0.25, 0.3) is 10.0 Å². The average molecular weight is 387 g/mol. The van der Waals surface area contributed by atoms with Crippen LogP contribution in [0.25, 0.3) is 11.3 Å². The van der Waals surface area contributed by atoms with Crippen LogP contribution in [-0.2, 0) is 10.0 Å². The number of sulfonamides is 1. The molecule has 2 aromatic carbocycles.